The molecule has 3 rings (SSSR count). The monoisotopic (exact) mass is 285 g/mol. The van der Waals surface area contributed by atoms with Gasteiger partial charge in [0.15, 0.2) is 0 Å². The summed E-state index contributed by atoms with van der Waals surface area (Å²) in [7, 11) is 0. The lowest BCUT2D eigenvalue weighted by Crippen LogP contribution is -2.39. The quantitative estimate of drug-likeness (QED) is 0.907. The molecule has 1 atom stereocenters. The summed E-state index contributed by atoms with van der Waals surface area (Å²) < 4.78 is 2.45. The SMILES string of the molecule is CCCC1(c2nc3cc(C)ccc3n2C(C)C)CCCN1. The lowest BCUT2D eigenvalue weighted by atomic mass is 9.90. The third-order valence-corrected chi connectivity index (χ3v) is 4.71. The summed E-state index contributed by atoms with van der Waals surface area (Å²) in [5, 5.41) is 3.77. The summed E-state index contributed by atoms with van der Waals surface area (Å²) in [6.45, 7) is 10.1. The van der Waals surface area contributed by atoms with Crippen LogP contribution in [0.25, 0.3) is 11.0 Å². The van der Waals surface area contributed by atoms with Crippen molar-refractivity contribution in [2.24, 2.45) is 0 Å². The van der Waals surface area contributed by atoms with Crippen LogP contribution in [-0.4, -0.2) is 16.1 Å². The maximum absolute atomic E-state index is 5.07. The van der Waals surface area contributed by atoms with Crippen molar-refractivity contribution in [1.29, 1.82) is 0 Å². The Kier molecular flexibility index (Phi) is 3.78. The van der Waals surface area contributed by atoms with Crippen LogP contribution in [-0.2, 0) is 5.54 Å². The molecule has 2 heterocycles. The zero-order valence-corrected chi connectivity index (χ0v) is 13.7. The summed E-state index contributed by atoms with van der Waals surface area (Å²) in [5.41, 5.74) is 3.77. The van der Waals surface area contributed by atoms with Gasteiger partial charge in [0.2, 0.25) is 0 Å². The number of hydrogen-bond donors (Lipinski definition) is 1. The Bertz CT molecular complexity index is 633. The van der Waals surface area contributed by atoms with Crippen LogP contribution in [0.5, 0.6) is 0 Å². The minimum absolute atomic E-state index is 0.0753. The van der Waals surface area contributed by atoms with Gasteiger partial charge in [-0.05, 0) is 64.3 Å². The van der Waals surface area contributed by atoms with Crippen LogP contribution in [0.1, 0.15) is 63.9 Å². The smallest absolute Gasteiger partial charge is 0.130 e. The van der Waals surface area contributed by atoms with Crippen molar-refractivity contribution in [2.45, 2.75) is 65.0 Å². The van der Waals surface area contributed by atoms with E-state index in [1.54, 1.807) is 0 Å². The molecule has 3 nitrogen and oxygen atoms in total. The normalized spacial score (nSPS) is 22.5. The van der Waals surface area contributed by atoms with E-state index in [0.29, 0.717) is 6.04 Å². The van der Waals surface area contributed by atoms with Crippen LogP contribution in [0, 0.1) is 6.92 Å². The van der Waals surface area contributed by atoms with Gasteiger partial charge in [-0.3, -0.25) is 0 Å². The summed E-state index contributed by atoms with van der Waals surface area (Å²) >= 11 is 0. The molecule has 2 aromatic rings. The molecule has 1 aliphatic heterocycles. The van der Waals surface area contributed by atoms with Crippen molar-refractivity contribution in [3.63, 3.8) is 0 Å². The Balaban J connectivity index is 2.23. The third kappa shape index (κ3) is 2.38. The van der Waals surface area contributed by atoms with E-state index < -0.39 is 0 Å². The molecule has 3 heteroatoms. The maximum atomic E-state index is 5.07. The fraction of sp³-hybridized carbons (Fsp3) is 0.611. The molecule has 21 heavy (non-hydrogen) atoms. The number of aryl methyl sites for hydroxylation is 1. The Morgan fingerprint density at radius 3 is 2.81 bits per heavy atom. The molecule has 0 amide bonds. The average Bonchev–Trinajstić information content (AvgIpc) is 3.03. The van der Waals surface area contributed by atoms with Gasteiger partial charge in [-0.1, -0.05) is 19.4 Å². The van der Waals surface area contributed by atoms with E-state index in [0.717, 1.165) is 12.1 Å². The highest BCUT2D eigenvalue weighted by Crippen LogP contribution is 2.37. The third-order valence-electron chi connectivity index (χ3n) is 4.71. The first-order chi connectivity index (χ1) is 10.1. The standard InChI is InChI=1S/C18H27N3/c1-5-9-18(10-6-11-19-18)17-20-15-12-14(4)7-8-16(15)21(17)13(2)3/h7-8,12-13,19H,5-6,9-11H2,1-4H3. The Morgan fingerprint density at radius 1 is 1.38 bits per heavy atom. The molecule has 1 aliphatic rings. The number of fused-ring (bicyclic) bond motifs is 1. The molecule has 1 aromatic heterocycles. The van der Waals surface area contributed by atoms with Crippen molar-refractivity contribution in [1.82, 2.24) is 14.9 Å². The van der Waals surface area contributed by atoms with Gasteiger partial charge < -0.3 is 9.88 Å². The van der Waals surface area contributed by atoms with Crippen molar-refractivity contribution in [2.75, 3.05) is 6.54 Å². The molecule has 114 valence electrons. The Labute approximate surface area is 127 Å². The summed E-state index contributed by atoms with van der Waals surface area (Å²) in [5.74, 6) is 1.25. The molecule has 0 radical (unpaired) electrons. The molecule has 1 unspecified atom stereocenters. The fourth-order valence-electron chi connectivity index (χ4n) is 3.82. The maximum Gasteiger partial charge on any atom is 0.130 e. The average molecular weight is 285 g/mol. The van der Waals surface area contributed by atoms with Gasteiger partial charge in [0.1, 0.15) is 5.82 Å². The number of benzene rings is 1. The highest BCUT2D eigenvalue weighted by Gasteiger charge is 2.39. The topological polar surface area (TPSA) is 29.9 Å². The molecule has 0 bridgehead atoms. The first-order valence-corrected chi connectivity index (χ1v) is 8.31. The molecule has 1 saturated heterocycles. The van der Waals surface area contributed by atoms with Crippen molar-refractivity contribution >= 4 is 11.0 Å². The molecule has 1 fully saturated rings. The van der Waals surface area contributed by atoms with E-state index in [9.17, 15) is 0 Å². The zero-order valence-electron chi connectivity index (χ0n) is 13.7. The van der Waals surface area contributed by atoms with Crippen LogP contribution in [0.3, 0.4) is 0 Å². The molecule has 0 spiro atoms. The van der Waals surface area contributed by atoms with E-state index in [1.807, 2.05) is 0 Å². The van der Waals surface area contributed by atoms with Gasteiger partial charge in [-0.2, -0.15) is 0 Å². The van der Waals surface area contributed by atoms with Gasteiger partial charge >= 0.3 is 0 Å². The molecule has 1 N–H and O–H groups in total. The predicted octanol–water partition coefficient (Wildman–Crippen LogP) is 4.30. The van der Waals surface area contributed by atoms with Crippen molar-refractivity contribution in [3.8, 4) is 0 Å². The van der Waals surface area contributed by atoms with E-state index >= 15 is 0 Å². The first kappa shape index (κ1) is 14.6. The van der Waals surface area contributed by atoms with E-state index in [1.165, 1.54) is 42.6 Å². The predicted molar refractivity (Wildman–Crippen MR) is 88.7 cm³/mol. The zero-order chi connectivity index (χ0) is 15.0. The van der Waals surface area contributed by atoms with Gasteiger partial charge in [0.25, 0.3) is 0 Å². The second-order valence-electron chi connectivity index (χ2n) is 6.75. The Hall–Kier alpha value is -1.35. The number of aromatic nitrogens is 2. The molecule has 0 saturated carbocycles. The van der Waals surface area contributed by atoms with Crippen molar-refractivity contribution in [3.05, 3.63) is 29.6 Å². The molecular weight excluding hydrogens is 258 g/mol. The van der Waals surface area contributed by atoms with E-state index in [-0.39, 0.29) is 5.54 Å². The summed E-state index contributed by atoms with van der Waals surface area (Å²) in [6, 6.07) is 7.08. The number of rotatable bonds is 4. The van der Waals surface area contributed by atoms with E-state index in [4.69, 9.17) is 4.98 Å². The number of nitrogens with one attached hydrogen (secondary N) is 1. The second kappa shape index (κ2) is 5.45. The fourth-order valence-corrected chi connectivity index (χ4v) is 3.82. The Morgan fingerprint density at radius 2 is 2.19 bits per heavy atom. The molecule has 1 aromatic carbocycles. The lowest BCUT2D eigenvalue weighted by Gasteiger charge is -2.30. The summed E-state index contributed by atoms with van der Waals surface area (Å²) in [6.07, 6.45) is 4.81. The minimum atomic E-state index is 0.0753. The van der Waals surface area contributed by atoms with Crippen LogP contribution in [0.4, 0.5) is 0 Å². The highest BCUT2D eigenvalue weighted by molar-refractivity contribution is 5.77. The molecule has 0 aliphatic carbocycles. The number of nitrogens with zero attached hydrogens (tertiary/aromatic N) is 2. The van der Waals surface area contributed by atoms with Crippen LogP contribution in [0.15, 0.2) is 18.2 Å². The lowest BCUT2D eigenvalue weighted by molar-refractivity contribution is 0.316. The second-order valence-corrected chi connectivity index (χ2v) is 6.75. The van der Waals surface area contributed by atoms with E-state index in [2.05, 4.69) is 55.8 Å². The van der Waals surface area contributed by atoms with Gasteiger partial charge in [-0.15, -0.1) is 0 Å². The van der Waals surface area contributed by atoms with Gasteiger partial charge in [0.05, 0.1) is 16.6 Å². The van der Waals surface area contributed by atoms with Crippen LogP contribution in [0.2, 0.25) is 0 Å². The number of hydrogen-bond acceptors (Lipinski definition) is 2. The first-order valence-electron chi connectivity index (χ1n) is 8.31. The van der Waals surface area contributed by atoms with Crippen LogP contribution >= 0.6 is 0 Å². The molecular formula is C18H27N3. The van der Waals surface area contributed by atoms with Gasteiger partial charge in [-0.25, -0.2) is 4.98 Å². The summed E-state index contributed by atoms with van der Waals surface area (Å²) in [4.78, 5) is 5.07. The van der Waals surface area contributed by atoms with Gasteiger partial charge in [0, 0.05) is 6.04 Å². The minimum Gasteiger partial charge on any atom is -0.324 e. The van der Waals surface area contributed by atoms with Crippen LogP contribution < -0.4 is 5.32 Å². The number of imidazole rings is 1. The highest BCUT2D eigenvalue weighted by atomic mass is 15.2. The van der Waals surface area contributed by atoms with Crippen molar-refractivity contribution < 1.29 is 0 Å². The largest absolute Gasteiger partial charge is 0.324 e.